The zero-order valence-electron chi connectivity index (χ0n) is 32.1. The SMILES string of the molecule is CC(C)(c1[c-]c2c(cc1)-c1ccc(C(C)(C)c3ccccc3)cc1C2)c1ccccc1.Cc1ccc([C](=[Zr+2])c2ccc(C)cc2)cc1.[Cl-].[Cl-].c1cc[cH-]c1. The molecule has 0 amide bonds. The molecule has 0 unspecified atom stereocenters. The monoisotopic (exact) mass is 820 g/mol. The summed E-state index contributed by atoms with van der Waals surface area (Å²) in [4.78, 5) is 0. The van der Waals surface area contributed by atoms with E-state index in [9.17, 15) is 0 Å². The molecule has 0 radical (unpaired) electrons. The smallest absolute Gasteiger partial charge is 0.172 e. The Morgan fingerprint density at radius 3 is 1.50 bits per heavy atom. The summed E-state index contributed by atoms with van der Waals surface area (Å²) in [6, 6.07) is 64.5. The van der Waals surface area contributed by atoms with Gasteiger partial charge in [0.2, 0.25) is 0 Å². The van der Waals surface area contributed by atoms with Crippen molar-refractivity contribution < 1.29 is 49.0 Å². The largest absolute Gasteiger partial charge is 1.00 e. The van der Waals surface area contributed by atoms with E-state index in [4.69, 9.17) is 0 Å². The fourth-order valence-corrected chi connectivity index (χ4v) is 7.66. The van der Waals surface area contributed by atoms with Crippen LogP contribution in [0.2, 0.25) is 0 Å². The van der Waals surface area contributed by atoms with Crippen molar-refractivity contribution in [1.29, 1.82) is 0 Å². The van der Waals surface area contributed by atoms with Gasteiger partial charge in [-0.15, -0.1) is 11.1 Å². The van der Waals surface area contributed by atoms with Crippen LogP contribution in [0.25, 0.3) is 11.1 Å². The van der Waals surface area contributed by atoms with Gasteiger partial charge in [0.05, 0.1) is 0 Å². The molecular formula is C51H48Cl2Zr-2. The first-order chi connectivity index (χ1) is 25.0. The summed E-state index contributed by atoms with van der Waals surface area (Å²) in [5, 5.41) is 0. The second kappa shape index (κ2) is 19.0. The zero-order chi connectivity index (χ0) is 36.7. The molecule has 54 heavy (non-hydrogen) atoms. The second-order valence-electron chi connectivity index (χ2n) is 14.9. The normalized spacial score (nSPS) is 11.3. The number of rotatable bonds is 6. The maximum atomic E-state index is 3.80. The average Bonchev–Trinajstić information content (AvgIpc) is 3.88. The van der Waals surface area contributed by atoms with Gasteiger partial charge in [0, 0.05) is 5.41 Å². The third-order valence-electron chi connectivity index (χ3n) is 10.4. The number of benzene rings is 6. The topological polar surface area (TPSA) is 0 Å². The molecule has 3 heteroatoms. The quantitative estimate of drug-likeness (QED) is 0.167. The van der Waals surface area contributed by atoms with Crippen molar-refractivity contribution in [1.82, 2.24) is 0 Å². The van der Waals surface area contributed by atoms with Crippen LogP contribution in [-0.2, 0) is 41.5 Å². The average molecular weight is 823 g/mol. The third-order valence-corrected chi connectivity index (χ3v) is 11.8. The van der Waals surface area contributed by atoms with Crippen molar-refractivity contribution in [2.24, 2.45) is 0 Å². The van der Waals surface area contributed by atoms with E-state index >= 15 is 0 Å². The predicted molar refractivity (Wildman–Crippen MR) is 218 cm³/mol. The summed E-state index contributed by atoms with van der Waals surface area (Å²) >= 11 is 1.46. The van der Waals surface area contributed by atoms with Gasteiger partial charge < -0.3 is 24.8 Å². The van der Waals surface area contributed by atoms with E-state index < -0.39 is 0 Å². The van der Waals surface area contributed by atoms with Gasteiger partial charge >= 0.3 is 112 Å². The molecule has 1 aliphatic rings. The molecule has 0 saturated heterocycles. The van der Waals surface area contributed by atoms with Crippen LogP contribution in [0.1, 0.15) is 83.3 Å². The number of aryl methyl sites for hydroxylation is 2. The number of hydrogen-bond acceptors (Lipinski definition) is 0. The summed E-state index contributed by atoms with van der Waals surface area (Å²) in [7, 11) is 0. The van der Waals surface area contributed by atoms with Crippen LogP contribution in [0.5, 0.6) is 0 Å². The maximum absolute atomic E-state index is 3.80. The Kier molecular flexibility index (Phi) is 15.1. The number of fused-ring (bicyclic) bond motifs is 3. The first-order valence-corrected chi connectivity index (χ1v) is 19.5. The Labute approximate surface area is 351 Å². The van der Waals surface area contributed by atoms with Crippen molar-refractivity contribution in [2.45, 2.75) is 58.8 Å². The fraction of sp³-hybridized carbons (Fsp3) is 0.176. The van der Waals surface area contributed by atoms with E-state index in [1.807, 2.05) is 30.3 Å². The van der Waals surface area contributed by atoms with Gasteiger partial charge in [-0.1, -0.05) is 112 Å². The molecule has 7 aromatic rings. The minimum Gasteiger partial charge on any atom is -1.00 e. The molecule has 0 atom stereocenters. The standard InChI is InChI=1S/C31H29.C15H14.C5H5.2ClH.Zr/c1-30(2,24-11-7-5-8-12-24)26-15-17-28-22(20-26)19-23-21-27(16-18-29(23)28)31(3,4)25-13-9-6-10-14-25;1-12-3-7-14(8-4-12)11-15-9-5-13(2)6-10-15;1-2-4-5-3-1;;;/h5-18,20H,19H2,1-4H3;3-10H,1-2H3;1-5H;2*1H;/q-1;;-1;;;+2/p-2. The minimum atomic E-state index is -0.0640. The maximum Gasteiger partial charge on any atom is -0.172 e. The van der Waals surface area contributed by atoms with Crippen molar-refractivity contribution in [3.05, 3.63) is 232 Å². The molecule has 1 aliphatic carbocycles. The molecule has 0 aliphatic heterocycles. The number of halogens is 2. The van der Waals surface area contributed by atoms with Gasteiger partial charge in [0.1, 0.15) is 0 Å². The van der Waals surface area contributed by atoms with E-state index in [0.717, 1.165) is 6.42 Å². The number of hydrogen-bond donors (Lipinski definition) is 0. The van der Waals surface area contributed by atoms with Crippen LogP contribution in [0.4, 0.5) is 0 Å². The Morgan fingerprint density at radius 2 is 1.02 bits per heavy atom. The molecule has 0 spiro atoms. The Balaban J connectivity index is 0.000000236. The van der Waals surface area contributed by atoms with E-state index in [1.54, 1.807) is 0 Å². The van der Waals surface area contributed by atoms with Crippen LogP contribution in [0.15, 0.2) is 170 Å². The van der Waals surface area contributed by atoms with Crippen molar-refractivity contribution in [3.8, 4) is 11.1 Å². The van der Waals surface area contributed by atoms with Gasteiger partial charge in [-0.25, -0.2) is 12.1 Å². The van der Waals surface area contributed by atoms with Gasteiger partial charge in [-0.3, -0.25) is 0 Å². The Morgan fingerprint density at radius 1 is 0.537 bits per heavy atom. The van der Waals surface area contributed by atoms with E-state index in [-0.39, 0.29) is 35.6 Å². The van der Waals surface area contributed by atoms with Gasteiger partial charge in [-0.05, 0) is 34.1 Å². The molecule has 0 bridgehead atoms. The van der Waals surface area contributed by atoms with Crippen LogP contribution in [0.3, 0.4) is 0 Å². The summed E-state index contributed by atoms with van der Waals surface area (Å²) in [6.45, 7) is 13.5. The third kappa shape index (κ3) is 10.00. The second-order valence-corrected chi connectivity index (χ2v) is 16.1. The molecule has 8 rings (SSSR count). The van der Waals surface area contributed by atoms with Crippen molar-refractivity contribution in [3.63, 3.8) is 0 Å². The van der Waals surface area contributed by atoms with E-state index in [1.165, 1.54) is 94.2 Å². The van der Waals surface area contributed by atoms with Gasteiger partial charge in [-0.2, -0.15) is 42.0 Å². The van der Waals surface area contributed by atoms with Crippen LogP contribution < -0.4 is 24.8 Å². The summed E-state index contributed by atoms with van der Waals surface area (Å²) in [6.07, 6.45) is 0.960. The van der Waals surface area contributed by atoms with Gasteiger partial charge in [0.15, 0.2) is 0 Å². The van der Waals surface area contributed by atoms with Gasteiger partial charge in [0.25, 0.3) is 0 Å². The summed E-state index contributed by atoms with van der Waals surface area (Å²) in [5.74, 6) is 0. The molecule has 0 aromatic heterocycles. The van der Waals surface area contributed by atoms with Crippen LogP contribution in [0, 0.1) is 19.9 Å². The Bertz CT molecular complexity index is 2050. The van der Waals surface area contributed by atoms with E-state index in [2.05, 4.69) is 187 Å². The first kappa shape index (κ1) is 42.7. The van der Waals surface area contributed by atoms with Crippen molar-refractivity contribution in [2.75, 3.05) is 0 Å². The molecule has 7 aromatic carbocycles. The molecule has 0 saturated carbocycles. The zero-order valence-corrected chi connectivity index (χ0v) is 36.1. The molecule has 0 nitrogen and oxygen atoms in total. The summed E-state index contributed by atoms with van der Waals surface area (Å²) in [5.41, 5.74) is 16.0. The molecule has 272 valence electrons. The first-order valence-electron chi connectivity index (χ1n) is 18.2. The van der Waals surface area contributed by atoms with Crippen LogP contribution in [-0.4, -0.2) is 3.21 Å². The molecule has 0 fully saturated rings. The fourth-order valence-electron chi connectivity index (χ4n) is 6.84. The molecule has 0 heterocycles. The van der Waals surface area contributed by atoms with E-state index in [0.29, 0.717) is 0 Å². The predicted octanol–water partition coefficient (Wildman–Crippen LogP) is 6.54. The summed E-state index contributed by atoms with van der Waals surface area (Å²) < 4.78 is 1.42. The minimum absolute atomic E-state index is 0. The van der Waals surface area contributed by atoms with Crippen LogP contribution >= 0.6 is 0 Å². The molecular weight excluding hydrogens is 775 g/mol. The Hall–Kier alpha value is -4.00. The van der Waals surface area contributed by atoms with Crippen molar-refractivity contribution >= 4 is 3.21 Å². The molecule has 0 N–H and O–H groups in total.